The number of likely N-dealkylation sites (N-methyl/N-ethyl adjacent to an activating group) is 1. The summed E-state index contributed by atoms with van der Waals surface area (Å²) in [5.74, 6) is -0.258. The second kappa shape index (κ2) is 35.6. The van der Waals surface area contributed by atoms with Gasteiger partial charge in [-0.05, 0) is 57.8 Å². The van der Waals surface area contributed by atoms with Gasteiger partial charge in [0.25, 0.3) is 7.82 Å². The molecule has 0 rings (SSSR count). The van der Waals surface area contributed by atoms with Crippen molar-refractivity contribution in [2.45, 2.75) is 161 Å². The second-order valence-corrected chi connectivity index (χ2v) is 16.4. The molecule has 0 aromatic heterocycles. The number of amides is 1. The van der Waals surface area contributed by atoms with E-state index in [0.717, 1.165) is 57.8 Å². The number of carbonyl (C=O) groups excluding carboxylic acids is 1. The molecule has 0 aliphatic carbocycles. The van der Waals surface area contributed by atoms with Crippen molar-refractivity contribution in [2.75, 3.05) is 40.9 Å². The minimum absolute atomic E-state index is 0.0153. The monoisotopic (exact) mass is 763 g/mol. The predicted molar refractivity (Wildman–Crippen MR) is 223 cm³/mol. The van der Waals surface area contributed by atoms with Crippen molar-refractivity contribution in [3.8, 4) is 0 Å². The van der Waals surface area contributed by atoms with Gasteiger partial charge in [0.05, 0.1) is 39.9 Å². The number of allylic oxidation sites excluding steroid dienone is 11. The van der Waals surface area contributed by atoms with Crippen LogP contribution in [0.3, 0.4) is 0 Å². The number of carbonyl (C=O) groups is 1. The fourth-order valence-corrected chi connectivity index (χ4v) is 6.08. The number of phosphoric ester groups is 1. The summed E-state index contributed by atoms with van der Waals surface area (Å²) in [6.45, 7) is 4.46. The first-order valence-corrected chi connectivity index (χ1v) is 22.3. The fraction of sp³-hybridized carbons (Fsp3) is 0.705. The predicted octanol–water partition coefficient (Wildman–Crippen LogP) is 10.6. The van der Waals surface area contributed by atoms with Crippen LogP contribution in [0.4, 0.5) is 0 Å². The van der Waals surface area contributed by atoms with Gasteiger partial charge in [0.1, 0.15) is 13.2 Å². The first-order valence-electron chi connectivity index (χ1n) is 20.8. The van der Waals surface area contributed by atoms with Gasteiger partial charge in [-0.25, -0.2) is 0 Å². The van der Waals surface area contributed by atoms with Crippen LogP contribution in [0.5, 0.6) is 0 Å². The Kier molecular flexibility index (Phi) is 34.2. The van der Waals surface area contributed by atoms with Crippen molar-refractivity contribution in [1.82, 2.24) is 5.32 Å². The largest absolute Gasteiger partial charge is 0.756 e. The van der Waals surface area contributed by atoms with Crippen LogP contribution in [0, 0.1) is 0 Å². The van der Waals surface area contributed by atoms with E-state index in [1.165, 1.54) is 64.2 Å². The summed E-state index contributed by atoms with van der Waals surface area (Å²) in [7, 11) is 1.21. The van der Waals surface area contributed by atoms with Crippen molar-refractivity contribution in [2.24, 2.45) is 0 Å². The highest BCUT2D eigenvalue weighted by atomic mass is 31.2. The highest BCUT2D eigenvalue weighted by Gasteiger charge is 2.23. The third-order valence-corrected chi connectivity index (χ3v) is 9.64. The zero-order chi connectivity index (χ0) is 39.3. The number of nitrogens with one attached hydrogen (secondary N) is 1. The van der Waals surface area contributed by atoms with Crippen molar-refractivity contribution >= 4 is 13.7 Å². The molecule has 0 fully saturated rings. The molecule has 0 aliphatic rings. The van der Waals surface area contributed by atoms with Gasteiger partial charge >= 0.3 is 0 Å². The Balaban J connectivity index is 4.61. The topological polar surface area (TPSA) is 108 Å². The molecule has 0 aromatic carbocycles. The van der Waals surface area contributed by atoms with Gasteiger partial charge in [-0.2, -0.15) is 0 Å². The highest BCUT2D eigenvalue weighted by molar-refractivity contribution is 7.45. The van der Waals surface area contributed by atoms with Crippen LogP contribution >= 0.6 is 7.82 Å². The summed E-state index contributed by atoms with van der Waals surface area (Å²) in [6.07, 6.45) is 46.6. The third kappa shape index (κ3) is 38.0. The lowest BCUT2D eigenvalue weighted by Gasteiger charge is -2.29. The van der Waals surface area contributed by atoms with Crippen LogP contribution < -0.4 is 10.2 Å². The van der Waals surface area contributed by atoms with Crippen LogP contribution in [-0.4, -0.2) is 68.5 Å². The van der Waals surface area contributed by atoms with Crippen LogP contribution in [0.1, 0.15) is 149 Å². The van der Waals surface area contributed by atoms with Crippen LogP contribution in [0.15, 0.2) is 72.9 Å². The summed E-state index contributed by atoms with van der Waals surface area (Å²) in [5.41, 5.74) is 0. The molecule has 0 saturated heterocycles. The molecule has 0 radical (unpaired) electrons. The Morgan fingerprint density at radius 3 is 1.66 bits per heavy atom. The molecule has 3 unspecified atom stereocenters. The summed E-state index contributed by atoms with van der Waals surface area (Å²) in [4.78, 5) is 25.2. The summed E-state index contributed by atoms with van der Waals surface area (Å²) >= 11 is 0. The SMILES string of the molecule is CC/C=C\C/C=C\C/C=C\C/C=C\C/C=C\CCCC(=O)NC(COP(=O)([O-])OCC[N+](C)(C)C)C(O)/C=C/CCCCCCCCCCCCCC. The Hall–Kier alpha value is -2.06. The molecule has 3 atom stereocenters. The summed E-state index contributed by atoms with van der Waals surface area (Å²) in [5, 5.41) is 13.7. The van der Waals surface area contributed by atoms with Crippen molar-refractivity contribution in [3.05, 3.63) is 72.9 Å². The average Bonchev–Trinajstić information content (AvgIpc) is 3.10. The van der Waals surface area contributed by atoms with Crippen LogP contribution in [0.2, 0.25) is 0 Å². The Morgan fingerprint density at radius 2 is 1.15 bits per heavy atom. The number of phosphoric acid groups is 1. The molecule has 8 nitrogen and oxygen atoms in total. The molecule has 53 heavy (non-hydrogen) atoms. The molecule has 9 heteroatoms. The summed E-state index contributed by atoms with van der Waals surface area (Å²) < 4.78 is 23.1. The molecule has 0 saturated carbocycles. The van der Waals surface area contributed by atoms with Gasteiger partial charge in [-0.15, -0.1) is 0 Å². The Bertz CT molecular complexity index is 1090. The van der Waals surface area contributed by atoms with Gasteiger partial charge in [0, 0.05) is 6.42 Å². The maximum absolute atomic E-state index is 12.8. The lowest BCUT2D eigenvalue weighted by atomic mass is 10.0. The smallest absolute Gasteiger partial charge is 0.268 e. The Labute approximate surface area is 325 Å². The number of hydrogen-bond donors (Lipinski definition) is 2. The van der Waals surface area contributed by atoms with Gasteiger partial charge in [0.2, 0.25) is 5.91 Å². The lowest BCUT2D eigenvalue weighted by Crippen LogP contribution is -2.45. The maximum Gasteiger partial charge on any atom is 0.268 e. The number of hydrogen-bond acceptors (Lipinski definition) is 6. The van der Waals surface area contributed by atoms with E-state index < -0.39 is 26.6 Å². The minimum atomic E-state index is -4.60. The molecular formula is C44H79N2O6P. The fourth-order valence-electron chi connectivity index (χ4n) is 5.36. The quantitative estimate of drug-likeness (QED) is 0.0285. The maximum atomic E-state index is 12.8. The van der Waals surface area contributed by atoms with E-state index in [4.69, 9.17) is 9.05 Å². The van der Waals surface area contributed by atoms with E-state index in [0.29, 0.717) is 17.4 Å². The van der Waals surface area contributed by atoms with Crippen molar-refractivity contribution < 1.29 is 32.9 Å². The molecule has 0 aromatic rings. The van der Waals surface area contributed by atoms with E-state index in [1.54, 1.807) is 6.08 Å². The average molecular weight is 763 g/mol. The van der Waals surface area contributed by atoms with E-state index in [2.05, 4.69) is 79.9 Å². The zero-order valence-electron chi connectivity index (χ0n) is 34.4. The third-order valence-electron chi connectivity index (χ3n) is 8.67. The second-order valence-electron chi connectivity index (χ2n) is 15.0. The van der Waals surface area contributed by atoms with Crippen LogP contribution in [-0.2, 0) is 18.4 Å². The number of aliphatic hydroxyl groups excluding tert-OH is 1. The molecule has 2 N–H and O–H groups in total. The molecule has 0 aliphatic heterocycles. The lowest BCUT2D eigenvalue weighted by molar-refractivity contribution is -0.870. The molecule has 0 heterocycles. The van der Waals surface area contributed by atoms with E-state index in [9.17, 15) is 19.4 Å². The zero-order valence-corrected chi connectivity index (χ0v) is 35.3. The van der Waals surface area contributed by atoms with E-state index >= 15 is 0 Å². The van der Waals surface area contributed by atoms with Gasteiger partial charge in [-0.3, -0.25) is 9.36 Å². The number of aliphatic hydroxyl groups is 1. The van der Waals surface area contributed by atoms with Gasteiger partial charge in [0.15, 0.2) is 0 Å². The molecular weight excluding hydrogens is 683 g/mol. The van der Waals surface area contributed by atoms with Gasteiger partial charge < -0.3 is 28.8 Å². The molecule has 0 spiro atoms. The number of nitrogens with zero attached hydrogens (tertiary/aromatic N) is 1. The van der Waals surface area contributed by atoms with E-state index in [-0.39, 0.29) is 18.9 Å². The molecule has 0 bridgehead atoms. The first-order chi connectivity index (χ1) is 25.5. The van der Waals surface area contributed by atoms with Gasteiger partial charge in [-0.1, -0.05) is 157 Å². The number of unbranched alkanes of at least 4 members (excludes halogenated alkanes) is 13. The van der Waals surface area contributed by atoms with Crippen molar-refractivity contribution in [3.63, 3.8) is 0 Å². The van der Waals surface area contributed by atoms with Crippen molar-refractivity contribution in [1.29, 1.82) is 0 Å². The minimum Gasteiger partial charge on any atom is -0.756 e. The Morgan fingerprint density at radius 1 is 0.679 bits per heavy atom. The standard InChI is InChI=1S/C44H79N2O6P/c1-6-8-10-12-14-16-18-20-22-23-24-26-28-30-32-34-36-38-44(48)45-42(41-52-53(49,50)51-40-39-46(3,4)5)43(47)37-35-33-31-29-27-25-21-19-17-15-13-11-9-7-2/h8,10,14,16,20,22,24,26,30,32,35,37,42-43,47H,6-7,9,11-13,15,17-19,21,23,25,27-29,31,33-34,36,38-41H2,1-5H3,(H-,45,48,49,50)/b10-8-,16-14-,22-20-,26-24-,32-30-,37-35+. The molecule has 306 valence electrons. The van der Waals surface area contributed by atoms with Crippen LogP contribution in [0.25, 0.3) is 0 Å². The molecule has 1 amide bonds. The first kappa shape index (κ1) is 50.9. The summed E-state index contributed by atoms with van der Waals surface area (Å²) in [6, 6.07) is -0.918. The van der Waals surface area contributed by atoms with E-state index in [1.807, 2.05) is 27.2 Å². The number of rotatable bonds is 36. The highest BCUT2D eigenvalue weighted by Crippen LogP contribution is 2.38. The number of quaternary nitrogens is 1. The normalized spacial score (nSPS) is 15.2.